The molecule has 0 unspecified atom stereocenters. The molecular weight excluding hydrogens is 256 g/mol. The van der Waals surface area contributed by atoms with Gasteiger partial charge in [0, 0.05) is 12.6 Å². The van der Waals surface area contributed by atoms with Crippen molar-refractivity contribution in [2.75, 3.05) is 13.1 Å². The van der Waals surface area contributed by atoms with Crippen LogP contribution in [-0.4, -0.2) is 41.1 Å². The highest BCUT2D eigenvalue weighted by molar-refractivity contribution is 5.80. The first-order valence-corrected chi connectivity index (χ1v) is 7.32. The minimum atomic E-state index is -0.980. The van der Waals surface area contributed by atoms with Crippen molar-refractivity contribution < 1.29 is 14.7 Å². The number of aliphatic carboxylic acids is 1. The third-order valence-corrected chi connectivity index (χ3v) is 3.88. The molecular formula is C15H28N2O3. The topological polar surface area (TPSA) is 69.6 Å². The molecule has 0 saturated heterocycles. The van der Waals surface area contributed by atoms with Gasteiger partial charge in [0.15, 0.2) is 0 Å². The maximum absolute atomic E-state index is 12.2. The van der Waals surface area contributed by atoms with Gasteiger partial charge in [0.05, 0.1) is 0 Å². The maximum Gasteiger partial charge on any atom is 0.323 e. The lowest BCUT2D eigenvalue weighted by atomic mass is 9.63. The molecule has 0 spiro atoms. The molecule has 1 saturated carbocycles. The number of nitrogens with one attached hydrogen (secondary N) is 1. The Morgan fingerprint density at radius 1 is 1.20 bits per heavy atom. The molecule has 116 valence electrons. The molecule has 1 aliphatic rings. The number of carbonyl (C=O) groups excluding carboxylic acids is 1. The van der Waals surface area contributed by atoms with Crippen LogP contribution >= 0.6 is 0 Å². The summed E-state index contributed by atoms with van der Waals surface area (Å²) in [5.74, 6) is -0.980. The SMILES string of the molecule is CCN(CC(=O)O)C(=O)NC1CC(C)(C)CC(C)(C)C1. The average Bonchev–Trinajstić information content (AvgIpc) is 2.20. The molecule has 1 fully saturated rings. The number of carbonyl (C=O) groups is 2. The summed E-state index contributed by atoms with van der Waals surface area (Å²) in [5.41, 5.74) is 0.396. The monoisotopic (exact) mass is 284 g/mol. The molecule has 5 heteroatoms. The number of urea groups is 1. The molecule has 0 bridgehead atoms. The van der Waals surface area contributed by atoms with Crippen LogP contribution < -0.4 is 5.32 Å². The van der Waals surface area contributed by atoms with E-state index in [9.17, 15) is 9.59 Å². The Bertz CT molecular complexity index is 361. The van der Waals surface area contributed by atoms with Gasteiger partial charge < -0.3 is 15.3 Å². The fourth-order valence-electron chi connectivity index (χ4n) is 3.70. The van der Waals surface area contributed by atoms with E-state index < -0.39 is 5.97 Å². The van der Waals surface area contributed by atoms with E-state index in [1.54, 1.807) is 6.92 Å². The highest BCUT2D eigenvalue weighted by Crippen LogP contribution is 2.45. The highest BCUT2D eigenvalue weighted by atomic mass is 16.4. The standard InChI is InChI=1S/C15H28N2O3/c1-6-17(9-12(18)19)13(20)16-11-7-14(2,3)10-15(4,5)8-11/h11H,6-10H2,1-5H3,(H,16,20)(H,18,19). The zero-order chi connectivity index (χ0) is 15.6. The smallest absolute Gasteiger partial charge is 0.323 e. The van der Waals surface area contributed by atoms with Crippen molar-refractivity contribution in [1.82, 2.24) is 10.2 Å². The van der Waals surface area contributed by atoms with Crippen molar-refractivity contribution in [3.8, 4) is 0 Å². The van der Waals surface area contributed by atoms with Crippen molar-refractivity contribution in [2.45, 2.75) is 59.9 Å². The summed E-state index contributed by atoms with van der Waals surface area (Å²) >= 11 is 0. The number of nitrogens with zero attached hydrogens (tertiary/aromatic N) is 1. The number of likely N-dealkylation sites (N-methyl/N-ethyl adjacent to an activating group) is 1. The van der Waals surface area contributed by atoms with Gasteiger partial charge in [-0.15, -0.1) is 0 Å². The van der Waals surface area contributed by atoms with Crippen molar-refractivity contribution in [3.05, 3.63) is 0 Å². The molecule has 2 amide bonds. The van der Waals surface area contributed by atoms with Crippen LogP contribution in [0, 0.1) is 10.8 Å². The lowest BCUT2D eigenvalue weighted by Crippen LogP contribution is -2.51. The number of amides is 2. The van der Waals surface area contributed by atoms with E-state index in [1.807, 2.05) is 0 Å². The summed E-state index contributed by atoms with van der Waals surface area (Å²) in [7, 11) is 0. The van der Waals surface area contributed by atoms with E-state index in [2.05, 4.69) is 33.0 Å². The first-order chi connectivity index (χ1) is 9.04. The molecule has 1 aliphatic carbocycles. The molecule has 0 radical (unpaired) electrons. The van der Waals surface area contributed by atoms with Crippen molar-refractivity contribution in [3.63, 3.8) is 0 Å². The number of hydrogen-bond donors (Lipinski definition) is 2. The van der Waals surface area contributed by atoms with Gasteiger partial charge in [0.2, 0.25) is 0 Å². The molecule has 0 heterocycles. The van der Waals surface area contributed by atoms with E-state index in [4.69, 9.17) is 5.11 Å². The van der Waals surface area contributed by atoms with Gasteiger partial charge in [0.25, 0.3) is 0 Å². The van der Waals surface area contributed by atoms with Gasteiger partial charge in [-0.25, -0.2) is 4.79 Å². The van der Waals surface area contributed by atoms with Crippen molar-refractivity contribution in [2.24, 2.45) is 10.8 Å². The number of hydrogen-bond acceptors (Lipinski definition) is 2. The van der Waals surface area contributed by atoms with Gasteiger partial charge in [0.1, 0.15) is 6.54 Å². The molecule has 20 heavy (non-hydrogen) atoms. The van der Waals surface area contributed by atoms with Crippen LogP contribution in [0.25, 0.3) is 0 Å². The summed E-state index contributed by atoms with van der Waals surface area (Å²) in [6, 6.07) is -0.155. The fraction of sp³-hybridized carbons (Fsp3) is 0.867. The predicted molar refractivity (Wildman–Crippen MR) is 78.6 cm³/mol. The third kappa shape index (κ3) is 5.02. The van der Waals surface area contributed by atoms with Crippen LogP contribution in [0.3, 0.4) is 0 Å². The summed E-state index contributed by atoms with van der Waals surface area (Å²) in [6.45, 7) is 10.8. The molecule has 0 aromatic heterocycles. The van der Waals surface area contributed by atoms with Crippen LogP contribution in [0.1, 0.15) is 53.9 Å². The van der Waals surface area contributed by atoms with E-state index in [0.29, 0.717) is 6.54 Å². The molecule has 0 aliphatic heterocycles. The van der Waals surface area contributed by atoms with Crippen LogP contribution in [0.5, 0.6) is 0 Å². The van der Waals surface area contributed by atoms with Crippen LogP contribution in [0.4, 0.5) is 4.79 Å². The second-order valence-corrected chi connectivity index (χ2v) is 7.47. The zero-order valence-corrected chi connectivity index (χ0v) is 13.3. The summed E-state index contributed by atoms with van der Waals surface area (Å²) in [6.07, 6.45) is 3.01. The Morgan fingerprint density at radius 2 is 1.70 bits per heavy atom. The minimum Gasteiger partial charge on any atom is -0.480 e. The van der Waals surface area contributed by atoms with Crippen molar-refractivity contribution in [1.29, 1.82) is 0 Å². The quantitative estimate of drug-likeness (QED) is 0.834. The van der Waals surface area contributed by atoms with Crippen molar-refractivity contribution >= 4 is 12.0 Å². The largest absolute Gasteiger partial charge is 0.480 e. The average molecular weight is 284 g/mol. The minimum absolute atomic E-state index is 0.115. The molecule has 2 N–H and O–H groups in total. The van der Waals surface area contributed by atoms with E-state index in [-0.39, 0.29) is 29.4 Å². The maximum atomic E-state index is 12.2. The third-order valence-electron chi connectivity index (χ3n) is 3.88. The van der Waals surface area contributed by atoms with Gasteiger partial charge in [-0.2, -0.15) is 0 Å². The Kier molecular flexibility index (Phi) is 5.05. The van der Waals surface area contributed by atoms with E-state index in [1.165, 1.54) is 4.90 Å². The van der Waals surface area contributed by atoms with Gasteiger partial charge in [-0.1, -0.05) is 27.7 Å². The highest BCUT2D eigenvalue weighted by Gasteiger charge is 2.39. The van der Waals surface area contributed by atoms with Gasteiger partial charge in [-0.3, -0.25) is 4.79 Å². The fourth-order valence-corrected chi connectivity index (χ4v) is 3.70. The lowest BCUT2D eigenvalue weighted by molar-refractivity contribution is -0.137. The van der Waals surface area contributed by atoms with Crippen LogP contribution in [0.2, 0.25) is 0 Å². The normalized spacial score (nSPS) is 21.2. The molecule has 0 aromatic rings. The van der Waals surface area contributed by atoms with Gasteiger partial charge in [-0.05, 0) is 37.0 Å². The first-order valence-electron chi connectivity index (χ1n) is 7.32. The van der Waals surface area contributed by atoms with E-state index >= 15 is 0 Å². The molecule has 0 atom stereocenters. The summed E-state index contributed by atoms with van der Waals surface area (Å²) in [4.78, 5) is 24.2. The molecule has 0 aromatic carbocycles. The lowest BCUT2D eigenvalue weighted by Gasteiger charge is -2.45. The second-order valence-electron chi connectivity index (χ2n) is 7.47. The Morgan fingerprint density at radius 3 is 2.10 bits per heavy atom. The Hall–Kier alpha value is -1.26. The molecule has 1 rings (SSSR count). The predicted octanol–water partition coefficient (Wildman–Crippen LogP) is 2.71. The number of carboxylic acids is 1. The van der Waals surface area contributed by atoms with Crippen LogP contribution in [0.15, 0.2) is 0 Å². The zero-order valence-electron chi connectivity index (χ0n) is 13.3. The Balaban J connectivity index is 2.67. The number of rotatable bonds is 4. The van der Waals surface area contributed by atoms with Crippen LogP contribution in [-0.2, 0) is 4.79 Å². The Labute approximate surface area is 121 Å². The molecule has 5 nitrogen and oxygen atoms in total. The number of carboxylic acid groups (broad SMARTS) is 1. The summed E-state index contributed by atoms with van der Waals surface area (Å²) in [5, 5.41) is 11.8. The first kappa shape index (κ1) is 16.8. The van der Waals surface area contributed by atoms with Gasteiger partial charge >= 0.3 is 12.0 Å². The summed E-state index contributed by atoms with van der Waals surface area (Å²) < 4.78 is 0. The second kappa shape index (κ2) is 6.02. The van der Waals surface area contributed by atoms with E-state index in [0.717, 1.165) is 19.3 Å².